The van der Waals surface area contributed by atoms with E-state index in [2.05, 4.69) is 4.90 Å². The molecular weight excluding hydrogens is 288 g/mol. The number of benzene rings is 1. The van der Waals surface area contributed by atoms with E-state index < -0.39 is 6.09 Å². The van der Waals surface area contributed by atoms with Gasteiger partial charge in [-0.1, -0.05) is 0 Å². The largest absolute Gasteiger partial charge is 0.496 e. The van der Waals surface area contributed by atoms with Gasteiger partial charge < -0.3 is 19.5 Å². The first-order chi connectivity index (χ1) is 10.6. The van der Waals surface area contributed by atoms with Crippen LogP contribution >= 0.6 is 0 Å². The number of hydrogen-bond donors (Lipinski definition) is 1. The lowest BCUT2D eigenvalue weighted by atomic mass is 10.1. The van der Waals surface area contributed by atoms with E-state index in [-0.39, 0.29) is 12.4 Å². The molecule has 2 heterocycles. The molecule has 0 saturated carbocycles. The highest BCUT2D eigenvalue weighted by Gasteiger charge is 2.28. The lowest BCUT2D eigenvalue weighted by molar-refractivity contribution is 0.0960. The number of ether oxygens (including phenoxy) is 2. The van der Waals surface area contributed by atoms with Crippen LogP contribution < -0.4 is 9.47 Å². The maximum absolute atomic E-state index is 11.8. The van der Waals surface area contributed by atoms with E-state index in [4.69, 9.17) is 14.6 Å². The van der Waals surface area contributed by atoms with Gasteiger partial charge in [-0.2, -0.15) is 0 Å². The molecule has 1 amide bonds. The predicted octanol–water partition coefficient (Wildman–Crippen LogP) is 1.07. The molecule has 2 aliphatic heterocycles. The number of Topliss-reactive ketones (excluding diaryl/α,β-unsaturated/α-hetero) is 1. The summed E-state index contributed by atoms with van der Waals surface area (Å²) in [6.45, 7) is 2.90. The minimum absolute atomic E-state index is 0.0189. The molecule has 0 spiro atoms. The normalized spacial score (nSPS) is 18.0. The van der Waals surface area contributed by atoms with Crippen LogP contribution in [0.25, 0.3) is 0 Å². The van der Waals surface area contributed by atoms with Gasteiger partial charge >= 0.3 is 6.09 Å². The first kappa shape index (κ1) is 14.6. The standard InChI is InChI=1S/C15H18N2O5/c1-21-13-3-2-10-12(18)9-22-14(10)11(13)8-16-4-6-17(7-5-16)15(19)20/h2-3H,4-9H2,1H3,(H,19,20). The van der Waals surface area contributed by atoms with Crippen LogP contribution in [0.3, 0.4) is 0 Å². The number of nitrogens with zero attached hydrogens (tertiary/aromatic N) is 2. The van der Waals surface area contributed by atoms with Crippen molar-refractivity contribution in [1.82, 2.24) is 9.80 Å². The fourth-order valence-corrected chi connectivity index (χ4v) is 2.87. The lowest BCUT2D eigenvalue weighted by Gasteiger charge is -2.33. The Balaban J connectivity index is 1.78. The average molecular weight is 306 g/mol. The van der Waals surface area contributed by atoms with Gasteiger partial charge in [0.15, 0.2) is 6.61 Å². The van der Waals surface area contributed by atoms with Crippen LogP contribution in [-0.2, 0) is 6.54 Å². The van der Waals surface area contributed by atoms with Crippen LogP contribution in [0.1, 0.15) is 15.9 Å². The summed E-state index contributed by atoms with van der Waals surface area (Å²) in [7, 11) is 1.59. The Morgan fingerprint density at radius 2 is 2.05 bits per heavy atom. The van der Waals surface area contributed by atoms with E-state index in [0.29, 0.717) is 49.8 Å². The van der Waals surface area contributed by atoms with Crippen molar-refractivity contribution in [1.29, 1.82) is 0 Å². The van der Waals surface area contributed by atoms with Gasteiger partial charge in [0, 0.05) is 32.7 Å². The Morgan fingerprint density at radius 1 is 1.32 bits per heavy atom. The summed E-state index contributed by atoms with van der Waals surface area (Å²) in [4.78, 5) is 26.3. The summed E-state index contributed by atoms with van der Waals surface area (Å²) in [5.74, 6) is 1.27. The van der Waals surface area contributed by atoms with Gasteiger partial charge in [0.25, 0.3) is 0 Å². The molecule has 0 aromatic heterocycles. The Morgan fingerprint density at radius 3 is 2.68 bits per heavy atom. The number of hydrogen-bond acceptors (Lipinski definition) is 5. The van der Waals surface area contributed by atoms with Gasteiger partial charge in [-0.3, -0.25) is 9.69 Å². The van der Waals surface area contributed by atoms with Gasteiger partial charge in [-0.25, -0.2) is 4.79 Å². The molecule has 0 unspecified atom stereocenters. The summed E-state index contributed by atoms with van der Waals surface area (Å²) in [6, 6.07) is 3.52. The van der Waals surface area contributed by atoms with Gasteiger partial charge in [-0.15, -0.1) is 0 Å². The number of carbonyl (C=O) groups excluding carboxylic acids is 1. The molecule has 2 aliphatic rings. The van der Waals surface area contributed by atoms with Gasteiger partial charge in [0.05, 0.1) is 18.2 Å². The van der Waals surface area contributed by atoms with Crippen LogP contribution in [0.15, 0.2) is 12.1 Å². The van der Waals surface area contributed by atoms with Crippen molar-refractivity contribution in [2.45, 2.75) is 6.54 Å². The van der Waals surface area contributed by atoms with E-state index in [9.17, 15) is 9.59 Å². The van der Waals surface area contributed by atoms with Crippen LogP contribution in [0.2, 0.25) is 0 Å². The molecule has 7 heteroatoms. The van der Waals surface area contributed by atoms with Crippen LogP contribution in [0, 0.1) is 0 Å². The third kappa shape index (κ3) is 2.59. The molecule has 22 heavy (non-hydrogen) atoms. The highest BCUT2D eigenvalue weighted by atomic mass is 16.5. The molecule has 1 N–H and O–H groups in total. The maximum atomic E-state index is 11.8. The SMILES string of the molecule is COc1ccc2c(c1CN1CCN(C(=O)O)CC1)OCC2=O. The number of methoxy groups -OCH3 is 1. The zero-order valence-electron chi connectivity index (χ0n) is 12.4. The van der Waals surface area contributed by atoms with E-state index in [1.807, 2.05) is 0 Å². The Kier molecular flexibility index (Phi) is 3.89. The van der Waals surface area contributed by atoms with Crippen molar-refractivity contribution in [3.63, 3.8) is 0 Å². The van der Waals surface area contributed by atoms with Crippen LogP contribution in [0.5, 0.6) is 11.5 Å². The number of rotatable bonds is 3. The number of carboxylic acid groups (broad SMARTS) is 1. The molecule has 7 nitrogen and oxygen atoms in total. The second-order valence-electron chi connectivity index (χ2n) is 5.38. The maximum Gasteiger partial charge on any atom is 0.407 e. The summed E-state index contributed by atoms with van der Waals surface area (Å²) in [5, 5.41) is 8.98. The number of fused-ring (bicyclic) bond motifs is 1. The minimum atomic E-state index is -0.883. The first-order valence-corrected chi connectivity index (χ1v) is 7.16. The van der Waals surface area contributed by atoms with Crippen molar-refractivity contribution < 1.29 is 24.2 Å². The van der Waals surface area contributed by atoms with Crippen molar-refractivity contribution in [2.75, 3.05) is 39.9 Å². The molecular formula is C15H18N2O5. The molecule has 0 bridgehead atoms. The molecule has 118 valence electrons. The highest BCUT2D eigenvalue weighted by molar-refractivity contribution is 6.03. The molecule has 0 radical (unpaired) electrons. The zero-order chi connectivity index (χ0) is 15.7. The van der Waals surface area contributed by atoms with Crippen molar-refractivity contribution in [2.24, 2.45) is 0 Å². The molecule has 1 aromatic rings. The summed E-state index contributed by atoms with van der Waals surface area (Å²) < 4.78 is 10.9. The first-order valence-electron chi connectivity index (χ1n) is 7.16. The smallest absolute Gasteiger partial charge is 0.407 e. The van der Waals surface area contributed by atoms with Crippen LogP contribution in [0.4, 0.5) is 4.79 Å². The molecule has 3 rings (SSSR count). The van der Waals surface area contributed by atoms with Gasteiger partial charge in [-0.05, 0) is 12.1 Å². The zero-order valence-corrected chi connectivity index (χ0v) is 12.4. The van der Waals surface area contributed by atoms with Crippen molar-refractivity contribution in [3.8, 4) is 11.5 Å². The fourth-order valence-electron chi connectivity index (χ4n) is 2.87. The molecule has 1 aromatic carbocycles. The van der Waals surface area contributed by atoms with E-state index in [1.165, 1.54) is 4.90 Å². The second kappa shape index (κ2) is 5.84. The Labute approximate surface area is 128 Å². The lowest BCUT2D eigenvalue weighted by Crippen LogP contribution is -2.47. The number of amides is 1. The number of carbonyl (C=O) groups is 2. The molecule has 0 atom stereocenters. The monoisotopic (exact) mass is 306 g/mol. The minimum Gasteiger partial charge on any atom is -0.496 e. The summed E-state index contributed by atoms with van der Waals surface area (Å²) in [6.07, 6.45) is -0.883. The highest BCUT2D eigenvalue weighted by Crippen LogP contribution is 2.37. The van der Waals surface area contributed by atoms with Crippen molar-refractivity contribution >= 4 is 11.9 Å². The topological polar surface area (TPSA) is 79.3 Å². The fraction of sp³-hybridized carbons (Fsp3) is 0.467. The van der Waals surface area contributed by atoms with E-state index in [0.717, 1.165) is 5.56 Å². The third-order valence-corrected chi connectivity index (χ3v) is 4.11. The molecule has 0 aliphatic carbocycles. The van der Waals surface area contributed by atoms with E-state index in [1.54, 1.807) is 19.2 Å². The third-order valence-electron chi connectivity index (χ3n) is 4.11. The Bertz CT molecular complexity index is 608. The average Bonchev–Trinajstić information content (AvgIpc) is 2.90. The second-order valence-corrected chi connectivity index (χ2v) is 5.38. The predicted molar refractivity (Wildman–Crippen MR) is 77.7 cm³/mol. The van der Waals surface area contributed by atoms with E-state index >= 15 is 0 Å². The van der Waals surface area contributed by atoms with Crippen molar-refractivity contribution in [3.05, 3.63) is 23.3 Å². The number of ketones is 1. The quantitative estimate of drug-likeness (QED) is 0.900. The van der Waals surface area contributed by atoms with Gasteiger partial charge in [0.1, 0.15) is 11.5 Å². The summed E-state index contributed by atoms with van der Waals surface area (Å²) in [5.41, 5.74) is 1.45. The Hall–Kier alpha value is -2.28. The summed E-state index contributed by atoms with van der Waals surface area (Å²) >= 11 is 0. The number of piperazine rings is 1. The van der Waals surface area contributed by atoms with Crippen LogP contribution in [-0.4, -0.2) is 66.7 Å². The molecule has 1 saturated heterocycles. The van der Waals surface area contributed by atoms with Gasteiger partial charge in [0.2, 0.25) is 5.78 Å². The molecule has 1 fully saturated rings.